The third-order valence-corrected chi connectivity index (χ3v) is 2.42. The first-order valence-electron chi connectivity index (χ1n) is 5.12. The molecule has 17 heavy (non-hydrogen) atoms. The topological polar surface area (TPSA) is 26.3 Å². The van der Waals surface area contributed by atoms with Crippen molar-refractivity contribution in [2.24, 2.45) is 0 Å². The van der Waals surface area contributed by atoms with Gasteiger partial charge in [0.25, 0.3) is 0 Å². The highest BCUT2D eigenvalue weighted by Crippen LogP contribution is 2.30. The normalized spacial score (nSPS) is 13.5. The maximum atomic E-state index is 12.3. The van der Waals surface area contributed by atoms with Crippen LogP contribution >= 0.6 is 0 Å². The number of rotatable bonds is 4. The fourth-order valence-corrected chi connectivity index (χ4v) is 1.49. The van der Waals surface area contributed by atoms with E-state index < -0.39 is 17.8 Å². The molecule has 0 aromatic heterocycles. The van der Waals surface area contributed by atoms with Gasteiger partial charge in [-0.3, -0.25) is 4.79 Å². The summed E-state index contributed by atoms with van der Waals surface area (Å²) in [6.07, 6.45) is -4.88. The monoisotopic (exact) mass is 246 g/mol. The van der Waals surface area contributed by atoms with Gasteiger partial charge in [0.2, 0.25) is 0 Å². The van der Waals surface area contributed by atoms with Crippen LogP contribution in [-0.2, 0) is 15.7 Å². The van der Waals surface area contributed by atoms with E-state index in [-0.39, 0.29) is 12.2 Å². The number of halogens is 3. The summed E-state index contributed by atoms with van der Waals surface area (Å²) < 4.78 is 42.0. The zero-order valence-electron chi connectivity index (χ0n) is 9.54. The van der Waals surface area contributed by atoms with Gasteiger partial charge in [-0.05, 0) is 17.7 Å². The Morgan fingerprint density at radius 3 is 2.18 bits per heavy atom. The van der Waals surface area contributed by atoms with Crippen LogP contribution < -0.4 is 0 Å². The molecule has 5 heteroatoms. The Morgan fingerprint density at radius 2 is 1.82 bits per heavy atom. The Bertz CT molecular complexity index is 382. The summed E-state index contributed by atoms with van der Waals surface area (Å²) in [6, 6.07) is 4.43. The van der Waals surface area contributed by atoms with Crippen LogP contribution in [0.25, 0.3) is 0 Å². The van der Waals surface area contributed by atoms with Gasteiger partial charge >= 0.3 is 6.18 Å². The second-order valence-corrected chi connectivity index (χ2v) is 3.56. The van der Waals surface area contributed by atoms with Gasteiger partial charge in [-0.1, -0.05) is 19.1 Å². The highest BCUT2D eigenvalue weighted by Gasteiger charge is 2.30. The lowest BCUT2D eigenvalue weighted by molar-refractivity contribution is -0.137. The van der Waals surface area contributed by atoms with E-state index in [4.69, 9.17) is 4.74 Å². The van der Waals surface area contributed by atoms with E-state index in [9.17, 15) is 18.0 Å². The third-order valence-electron chi connectivity index (χ3n) is 2.42. The van der Waals surface area contributed by atoms with Gasteiger partial charge < -0.3 is 4.74 Å². The number of benzene rings is 1. The molecule has 0 bridgehead atoms. The number of ketones is 1. The number of hydrogen-bond acceptors (Lipinski definition) is 2. The molecule has 0 heterocycles. The molecule has 0 amide bonds. The fraction of sp³-hybridized carbons (Fsp3) is 0.417. The van der Waals surface area contributed by atoms with Gasteiger partial charge in [0, 0.05) is 13.5 Å². The lowest BCUT2D eigenvalue weighted by atomic mass is 10.0. The van der Waals surface area contributed by atoms with Gasteiger partial charge in [0.1, 0.15) is 6.10 Å². The predicted octanol–water partition coefficient (Wildman–Crippen LogP) is 3.37. The second kappa shape index (κ2) is 5.31. The maximum Gasteiger partial charge on any atom is 0.416 e. The Labute approximate surface area is 97.4 Å². The molecule has 1 aromatic carbocycles. The van der Waals surface area contributed by atoms with E-state index in [1.165, 1.54) is 19.2 Å². The van der Waals surface area contributed by atoms with Crippen molar-refractivity contribution >= 4 is 5.78 Å². The summed E-state index contributed by atoms with van der Waals surface area (Å²) in [5, 5.41) is 0. The van der Waals surface area contributed by atoms with Crippen molar-refractivity contribution in [2.75, 3.05) is 7.11 Å². The van der Waals surface area contributed by atoms with Crippen molar-refractivity contribution in [3.8, 4) is 0 Å². The summed E-state index contributed by atoms with van der Waals surface area (Å²) in [6.45, 7) is 1.68. The summed E-state index contributed by atoms with van der Waals surface area (Å²) in [4.78, 5) is 11.5. The summed E-state index contributed by atoms with van der Waals surface area (Å²) in [5.41, 5.74) is -0.299. The van der Waals surface area contributed by atoms with Crippen LogP contribution in [0, 0.1) is 0 Å². The van der Waals surface area contributed by atoms with E-state index in [2.05, 4.69) is 0 Å². The van der Waals surface area contributed by atoms with Crippen LogP contribution in [-0.4, -0.2) is 12.9 Å². The molecular weight excluding hydrogens is 233 g/mol. The molecule has 0 aliphatic heterocycles. The summed E-state index contributed by atoms with van der Waals surface area (Å²) in [7, 11) is 1.36. The molecule has 0 aliphatic carbocycles. The largest absolute Gasteiger partial charge is 0.416 e. The molecule has 0 radical (unpaired) electrons. The first-order chi connectivity index (χ1) is 7.90. The van der Waals surface area contributed by atoms with Crippen LogP contribution in [0.5, 0.6) is 0 Å². The smallest absolute Gasteiger partial charge is 0.369 e. The fourth-order valence-electron chi connectivity index (χ4n) is 1.49. The number of hydrogen-bond donors (Lipinski definition) is 0. The quantitative estimate of drug-likeness (QED) is 0.814. The van der Waals surface area contributed by atoms with E-state index >= 15 is 0 Å². The molecule has 1 aromatic rings. The third kappa shape index (κ3) is 3.30. The van der Waals surface area contributed by atoms with Gasteiger partial charge in [-0.2, -0.15) is 13.2 Å². The van der Waals surface area contributed by atoms with Crippen molar-refractivity contribution < 1.29 is 22.7 Å². The Hall–Kier alpha value is -1.36. The molecule has 0 spiro atoms. The van der Waals surface area contributed by atoms with E-state index in [0.29, 0.717) is 5.56 Å². The summed E-state index contributed by atoms with van der Waals surface area (Å²) in [5.74, 6) is -0.160. The van der Waals surface area contributed by atoms with Crippen molar-refractivity contribution in [1.29, 1.82) is 0 Å². The number of Topliss-reactive ketones (excluding diaryl/α,β-unsaturated/α-hetero) is 1. The minimum Gasteiger partial charge on any atom is -0.369 e. The van der Waals surface area contributed by atoms with Gasteiger partial charge in [-0.15, -0.1) is 0 Å². The summed E-state index contributed by atoms with van der Waals surface area (Å²) >= 11 is 0. The SMILES string of the molecule is CCC(=O)C(OC)c1ccc(C(F)(F)F)cc1. The maximum absolute atomic E-state index is 12.3. The molecule has 0 aliphatic rings. The van der Waals surface area contributed by atoms with Crippen molar-refractivity contribution in [3.63, 3.8) is 0 Å². The Morgan fingerprint density at radius 1 is 1.29 bits per heavy atom. The highest BCUT2D eigenvalue weighted by molar-refractivity contribution is 5.84. The predicted molar refractivity (Wildman–Crippen MR) is 56.5 cm³/mol. The van der Waals surface area contributed by atoms with Crippen LogP contribution in [0.15, 0.2) is 24.3 Å². The zero-order chi connectivity index (χ0) is 13.1. The molecule has 2 nitrogen and oxygen atoms in total. The number of alkyl halides is 3. The Balaban J connectivity index is 2.97. The zero-order valence-corrected chi connectivity index (χ0v) is 9.54. The minimum absolute atomic E-state index is 0.160. The molecule has 1 atom stereocenters. The second-order valence-electron chi connectivity index (χ2n) is 3.56. The van der Waals surface area contributed by atoms with Crippen LogP contribution in [0.3, 0.4) is 0 Å². The average Bonchev–Trinajstić information content (AvgIpc) is 2.29. The van der Waals surface area contributed by atoms with Crippen LogP contribution in [0.4, 0.5) is 13.2 Å². The minimum atomic E-state index is -4.37. The number of ether oxygens (including phenoxy) is 1. The van der Waals surface area contributed by atoms with Crippen LogP contribution in [0.2, 0.25) is 0 Å². The van der Waals surface area contributed by atoms with Crippen molar-refractivity contribution in [1.82, 2.24) is 0 Å². The lowest BCUT2D eigenvalue weighted by Gasteiger charge is -2.14. The van der Waals surface area contributed by atoms with Gasteiger partial charge in [-0.25, -0.2) is 0 Å². The molecular formula is C12H13F3O2. The molecule has 1 rings (SSSR count). The van der Waals surface area contributed by atoms with Crippen molar-refractivity contribution in [3.05, 3.63) is 35.4 Å². The van der Waals surface area contributed by atoms with Gasteiger partial charge in [0.05, 0.1) is 5.56 Å². The standard InChI is InChI=1S/C12H13F3O2/c1-3-10(16)11(17-2)8-4-6-9(7-5-8)12(13,14)15/h4-7,11H,3H2,1-2H3. The number of methoxy groups -OCH3 is 1. The molecule has 0 saturated heterocycles. The number of carbonyl (C=O) groups excluding carboxylic acids is 1. The molecule has 1 unspecified atom stereocenters. The van der Waals surface area contributed by atoms with E-state index in [0.717, 1.165) is 12.1 Å². The van der Waals surface area contributed by atoms with Crippen LogP contribution in [0.1, 0.15) is 30.6 Å². The first kappa shape index (κ1) is 13.7. The van der Waals surface area contributed by atoms with E-state index in [1.54, 1.807) is 6.92 Å². The molecule has 0 N–H and O–H groups in total. The van der Waals surface area contributed by atoms with E-state index in [1.807, 2.05) is 0 Å². The number of carbonyl (C=O) groups is 1. The highest BCUT2D eigenvalue weighted by atomic mass is 19.4. The molecule has 0 fully saturated rings. The molecule has 94 valence electrons. The Kier molecular flexibility index (Phi) is 4.28. The van der Waals surface area contributed by atoms with Gasteiger partial charge in [0.15, 0.2) is 5.78 Å². The first-order valence-corrected chi connectivity index (χ1v) is 5.12. The lowest BCUT2D eigenvalue weighted by Crippen LogP contribution is -2.14. The van der Waals surface area contributed by atoms with Crippen molar-refractivity contribution in [2.45, 2.75) is 25.6 Å². The molecule has 0 saturated carbocycles. The average molecular weight is 246 g/mol.